The summed E-state index contributed by atoms with van der Waals surface area (Å²) in [6, 6.07) is 6.00. The van der Waals surface area contributed by atoms with E-state index in [2.05, 4.69) is 17.3 Å². The second-order valence-electron chi connectivity index (χ2n) is 4.04. The number of halogens is 1. The van der Waals surface area contributed by atoms with Gasteiger partial charge in [0.05, 0.1) is 16.9 Å². The number of aromatic nitrogens is 2. The van der Waals surface area contributed by atoms with Crippen LogP contribution >= 0.6 is 11.6 Å². The molecular formula is C13H16ClN3. The highest BCUT2D eigenvalue weighted by atomic mass is 35.5. The van der Waals surface area contributed by atoms with Gasteiger partial charge in [-0.3, -0.25) is 4.68 Å². The van der Waals surface area contributed by atoms with Gasteiger partial charge in [-0.05, 0) is 31.5 Å². The number of anilines is 1. The number of benzene rings is 1. The van der Waals surface area contributed by atoms with Gasteiger partial charge in [0, 0.05) is 24.8 Å². The third kappa shape index (κ3) is 3.01. The molecule has 4 heteroatoms. The van der Waals surface area contributed by atoms with Crippen molar-refractivity contribution in [3.8, 4) is 0 Å². The predicted molar refractivity (Wildman–Crippen MR) is 71.4 cm³/mol. The van der Waals surface area contributed by atoms with E-state index in [9.17, 15) is 0 Å². The molecule has 0 radical (unpaired) electrons. The number of rotatable bonds is 4. The van der Waals surface area contributed by atoms with Crippen LogP contribution in [0.1, 0.15) is 18.1 Å². The molecule has 1 aromatic heterocycles. The van der Waals surface area contributed by atoms with E-state index in [1.54, 1.807) is 0 Å². The van der Waals surface area contributed by atoms with Crippen molar-refractivity contribution in [3.63, 3.8) is 0 Å². The standard InChI is InChI=1S/C13H16ClN3/c1-3-17-9-11(8-16-17)7-15-13-5-4-10(2)6-12(13)14/h4-6,8-9,15H,3,7H2,1-2H3. The average Bonchev–Trinajstić information content (AvgIpc) is 2.76. The number of nitrogens with one attached hydrogen (secondary N) is 1. The van der Waals surface area contributed by atoms with Crippen molar-refractivity contribution >= 4 is 17.3 Å². The first-order valence-corrected chi connectivity index (χ1v) is 6.08. The SMILES string of the molecule is CCn1cc(CNc2ccc(C)cc2Cl)cn1. The van der Waals surface area contributed by atoms with E-state index in [4.69, 9.17) is 11.6 Å². The van der Waals surface area contributed by atoms with Gasteiger partial charge in [-0.1, -0.05) is 17.7 Å². The van der Waals surface area contributed by atoms with E-state index in [0.717, 1.165) is 29.4 Å². The smallest absolute Gasteiger partial charge is 0.0640 e. The van der Waals surface area contributed by atoms with Crippen LogP contribution in [0.5, 0.6) is 0 Å². The molecule has 0 spiro atoms. The van der Waals surface area contributed by atoms with Gasteiger partial charge in [0.2, 0.25) is 0 Å². The molecule has 0 aliphatic carbocycles. The van der Waals surface area contributed by atoms with Gasteiger partial charge in [-0.2, -0.15) is 5.10 Å². The fourth-order valence-corrected chi connectivity index (χ4v) is 1.93. The van der Waals surface area contributed by atoms with E-state index in [1.165, 1.54) is 5.56 Å². The first-order valence-electron chi connectivity index (χ1n) is 5.70. The van der Waals surface area contributed by atoms with Crippen molar-refractivity contribution in [3.05, 3.63) is 46.7 Å². The molecule has 0 saturated carbocycles. The first kappa shape index (κ1) is 12.0. The Kier molecular flexibility index (Phi) is 3.69. The Morgan fingerprint density at radius 1 is 1.41 bits per heavy atom. The Labute approximate surface area is 106 Å². The lowest BCUT2D eigenvalue weighted by Crippen LogP contribution is -1.99. The minimum absolute atomic E-state index is 0.739. The first-order chi connectivity index (χ1) is 8.19. The highest BCUT2D eigenvalue weighted by Gasteiger charge is 2.01. The largest absolute Gasteiger partial charge is 0.380 e. The molecule has 0 aliphatic heterocycles. The molecule has 0 aliphatic rings. The Morgan fingerprint density at radius 2 is 2.24 bits per heavy atom. The Hall–Kier alpha value is -1.48. The van der Waals surface area contributed by atoms with Gasteiger partial charge in [0.15, 0.2) is 0 Å². The van der Waals surface area contributed by atoms with Crippen LogP contribution in [0.25, 0.3) is 0 Å². The molecule has 1 N–H and O–H groups in total. The van der Waals surface area contributed by atoms with E-state index in [-0.39, 0.29) is 0 Å². The Morgan fingerprint density at radius 3 is 2.88 bits per heavy atom. The third-order valence-electron chi connectivity index (χ3n) is 2.62. The second kappa shape index (κ2) is 5.23. The molecule has 1 aromatic carbocycles. The zero-order chi connectivity index (χ0) is 12.3. The lowest BCUT2D eigenvalue weighted by molar-refractivity contribution is 0.659. The van der Waals surface area contributed by atoms with Crippen molar-refractivity contribution in [2.24, 2.45) is 0 Å². The lowest BCUT2D eigenvalue weighted by atomic mass is 10.2. The van der Waals surface area contributed by atoms with Gasteiger partial charge < -0.3 is 5.32 Å². The van der Waals surface area contributed by atoms with Crippen molar-refractivity contribution < 1.29 is 0 Å². The average molecular weight is 250 g/mol. The summed E-state index contributed by atoms with van der Waals surface area (Å²) < 4.78 is 1.91. The fraction of sp³-hybridized carbons (Fsp3) is 0.308. The highest BCUT2D eigenvalue weighted by Crippen LogP contribution is 2.23. The van der Waals surface area contributed by atoms with Crippen molar-refractivity contribution in [2.45, 2.75) is 26.9 Å². The minimum Gasteiger partial charge on any atom is -0.380 e. The molecule has 1 heterocycles. The molecule has 90 valence electrons. The molecule has 0 unspecified atom stereocenters. The molecular weight excluding hydrogens is 234 g/mol. The van der Waals surface area contributed by atoms with Gasteiger partial charge in [0.25, 0.3) is 0 Å². The van der Waals surface area contributed by atoms with Gasteiger partial charge >= 0.3 is 0 Å². The maximum atomic E-state index is 6.14. The van der Waals surface area contributed by atoms with E-state index < -0.39 is 0 Å². The summed E-state index contributed by atoms with van der Waals surface area (Å²) >= 11 is 6.14. The van der Waals surface area contributed by atoms with Crippen LogP contribution in [0.15, 0.2) is 30.6 Å². The molecule has 2 rings (SSSR count). The highest BCUT2D eigenvalue weighted by molar-refractivity contribution is 6.33. The van der Waals surface area contributed by atoms with Crippen LogP contribution in [-0.2, 0) is 13.1 Å². The summed E-state index contributed by atoms with van der Waals surface area (Å²) in [6.45, 7) is 5.73. The van der Waals surface area contributed by atoms with Crippen LogP contribution < -0.4 is 5.32 Å². The third-order valence-corrected chi connectivity index (χ3v) is 2.93. The van der Waals surface area contributed by atoms with Crippen molar-refractivity contribution in [1.29, 1.82) is 0 Å². The molecule has 0 saturated heterocycles. The Balaban J connectivity index is 2.02. The van der Waals surface area contributed by atoms with Gasteiger partial charge in [-0.25, -0.2) is 0 Å². The summed E-state index contributed by atoms with van der Waals surface area (Å²) in [5.41, 5.74) is 3.28. The number of aryl methyl sites for hydroxylation is 2. The number of nitrogens with zero attached hydrogens (tertiary/aromatic N) is 2. The van der Waals surface area contributed by atoms with Crippen LogP contribution in [0.3, 0.4) is 0 Å². The second-order valence-corrected chi connectivity index (χ2v) is 4.45. The van der Waals surface area contributed by atoms with E-state index >= 15 is 0 Å². The molecule has 0 fully saturated rings. The normalized spacial score (nSPS) is 10.5. The minimum atomic E-state index is 0.739. The number of hydrogen-bond acceptors (Lipinski definition) is 2. The summed E-state index contributed by atoms with van der Waals surface area (Å²) in [4.78, 5) is 0. The maximum absolute atomic E-state index is 6.14. The van der Waals surface area contributed by atoms with Gasteiger partial charge in [0.1, 0.15) is 0 Å². The van der Waals surface area contributed by atoms with Crippen molar-refractivity contribution in [2.75, 3.05) is 5.32 Å². The number of hydrogen-bond donors (Lipinski definition) is 1. The lowest BCUT2D eigenvalue weighted by Gasteiger charge is -2.07. The molecule has 0 amide bonds. The summed E-state index contributed by atoms with van der Waals surface area (Å²) in [7, 11) is 0. The van der Waals surface area contributed by atoms with Crippen molar-refractivity contribution in [1.82, 2.24) is 9.78 Å². The quantitative estimate of drug-likeness (QED) is 0.899. The molecule has 0 bridgehead atoms. The van der Waals surface area contributed by atoms with Crippen LogP contribution in [0, 0.1) is 6.92 Å². The topological polar surface area (TPSA) is 29.9 Å². The monoisotopic (exact) mass is 249 g/mol. The predicted octanol–water partition coefficient (Wildman–Crippen LogP) is 3.48. The molecule has 0 atom stereocenters. The summed E-state index contributed by atoms with van der Waals surface area (Å²) in [6.07, 6.45) is 3.91. The Bertz CT molecular complexity index is 505. The van der Waals surface area contributed by atoms with Crippen LogP contribution in [0.4, 0.5) is 5.69 Å². The van der Waals surface area contributed by atoms with Gasteiger partial charge in [-0.15, -0.1) is 0 Å². The van der Waals surface area contributed by atoms with Crippen LogP contribution in [0.2, 0.25) is 5.02 Å². The van der Waals surface area contributed by atoms with E-state index in [0.29, 0.717) is 0 Å². The molecule has 2 aromatic rings. The summed E-state index contributed by atoms with van der Waals surface area (Å²) in [5.74, 6) is 0. The summed E-state index contributed by atoms with van der Waals surface area (Å²) in [5, 5.41) is 8.29. The zero-order valence-electron chi connectivity index (χ0n) is 10.1. The maximum Gasteiger partial charge on any atom is 0.0640 e. The molecule has 3 nitrogen and oxygen atoms in total. The fourth-order valence-electron chi connectivity index (χ4n) is 1.63. The van der Waals surface area contributed by atoms with E-state index in [1.807, 2.05) is 42.2 Å². The van der Waals surface area contributed by atoms with Crippen LogP contribution in [-0.4, -0.2) is 9.78 Å². The molecule has 17 heavy (non-hydrogen) atoms. The zero-order valence-corrected chi connectivity index (χ0v) is 10.8.